The van der Waals surface area contributed by atoms with Crippen LogP contribution in [-0.2, 0) is 14.4 Å². The number of aryl methyl sites for hydroxylation is 1. The van der Waals surface area contributed by atoms with Gasteiger partial charge in [-0.3, -0.25) is 14.4 Å². The number of hydrazone groups is 1. The van der Waals surface area contributed by atoms with E-state index in [2.05, 4.69) is 15.8 Å². The van der Waals surface area contributed by atoms with E-state index in [1.807, 2.05) is 19.1 Å². The van der Waals surface area contributed by atoms with Crippen LogP contribution in [0.2, 0.25) is 0 Å². The third kappa shape index (κ3) is 5.19. The van der Waals surface area contributed by atoms with Crippen LogP contribution in [-0.4, -0.2) is 41.4 Å². The number of rotatable bonds is 4. The van der Waals surface area contributed by atoms with Crippen molar-refractivity contribution in [1.82, 2.24) is 10.3 Å². The molecule has 0 radical (unpaired) electrons. The first-order chi connectivity index (χ1) is 11.5. The van der Waals surface area contributed by atoms with Crippen LogP contribution in [0.4, 0.5) is 5.69 Å². The number of nitrogens with one attached hydrogen (secondary N) is 2. The van der Waals surface area contributed by atoms with Crippen LogP contribution in [0.3, 0.4) is 0 Å². The van der Waals surface area contributed by atoms with E-state index in [0.717, 1.165) is 31.5 Å². The van der Waals surface area contributed by atoms with Gasteiger partial charge in [0.2, 0.25) is 5.91 Å². The molecule has 3 amide bonds. The summed E-state index contributed by atoms with van der Waals surface area (Å²) in [6.45, 7) is 5.13. The lowest BCUT2D eigenvalue weighted by atomic mass is 10.2. The van der Waals surface area contributed by atoms with Crippen molar-refractivity contribution in [3.8, 4) is 0 Å². The molecule has 2 N–H and O–H groups in total. The van der Waals surface area contributed by atoms with Crippen LogP contribution in [0, 0.1) is 6.92 Å². The molecule has 1 aromatic carbocycles. The van der Waals surface area contributed by atoms with E-state index in [1.165, 1.54) is 0 Å². The maximum atomic E-state index is 12.0. The molecule has 0 aromatic heterocycles. The third-order valence-electron chi connectivity index (χ3n) is 3.73. The Hall–Kier alpha value is -2.70. The lowest BCUT2D eigenvalue weighted by Gasteiger charge is -2.14. The maximum absolute atomic E-state index is 12.0. The lowest BCUT2D eigenvalue weighted by molar-refractivity contribution is -0.136. The van der Waals surface area contributed by atoms with Gasteiger partial charge < -0.3 is 10.2 Å². The van der Waals surface area contributed by atoms with E-state index in [1.54, 1.807) is 24.0 Å². The van der Waals surface area contributed by atoms with Gasteiger partial charge >= 0.3 is 11.8 Å². The average molecular weight is 330 g/mol. The van der Waals surface area contributed by atoms with Crippen LogP contribution < -0.4 is 10.7 Å². The summed E-state index contributed by atoms with van der Waals surface area (Å²) in [5.74, 6) is -1.68. The average Bonchev–Trinajstić information content (AvgIpc) is 3.09. The summed E-state index contributed by atoms with van der Waals surface area (Å²) < 4.78 is 0. The smallest absolute Gasteiger partial charge is 0.329 e. The second-order valence-electron chi connectivity index (χ2n) is 5.87. The lowest BCUT2D eigenvalue weighted by Crippen LogP contribution is -2.33. The summed E-state index contributed by atoms with van der Waals surface area (Å²) in [5, 5.41) is 6.30. The molecule has 1 aliphatic heterocycles. The summed E-state index contributed by atoms with van der Waals surface area (Å²) in [4.78, 5) is 37.2. The summed E-state index contributed by atoms with van der Waals surface area (Å²) in [6, 6.07) is 7.09. The largest absolute Gasteiger partial charge is 0.342 e. The first kappa shape index (κ1) is 17.7. The monoisotopic (exact) mass is 330 g/mol. The van der Waals surface area contributed by atoms with E-state index in [0.29, 0.717) is 11.4 Å². The van der Waals surface area contributed by atoms with Crippen molar-refractivity contribution in [2.75, 3.05) is 18.4 Å². The summed E-state index contributed by atoms with van der Waals surface area (Å²) in [6.07, 6.45) is 2.19. The van der Waals surface area contributed by atoms with E-state index in [9.17, 15) is 14.4 Å². The number of benzene rings is 1. The molecule has 0 aliphatic carbocycles. The fraction of sp³-hybridized carbons (Fsp3) is 0.412. The molecule has 7 nitrogen and oxygen atoms in total. The van der Waals surface area contributed by atoms with Crippen LogP contribution in [0.25, 0.3) is 0 Å². The first-order valence-corrected chi connectivity index (χ1v) is 7.94. The van der Waals surface area contributed by atoms with E-state index >= 15 is 0 Å². The molecule has 0 unspecified atom stereocenters. The number of anilines is 1. The number of carbonyl (C=O) groups is 3. The Bertz CT molecular complexity index is 646. The number of nitrogens with zero attached hydrogens (tertiary/aromatic N) is 2. The van der Waals surface area contributed by atoms with Crippen LogP contribution in [0.15, 0.2) is 29.4 Å². The molecule has 7 heteroatoms. The van der Waals surface area contributed by atoms with E-state index in [-0.39, 0.29) is 12.3 Å². The van der Waals surface area contributed by atoms with Gasteiger partial charge in [0.15, 0.2) is 0 Å². The molecule has 1 aromatic rings. The molecular weight excluding hydrogens is 308 g/mol. The topological polar surface area (TPSA) is 90.9 Å². The van der Waals surface area contributed by atoms with Gasteiger partial charge in [0.25, 0.3) is 0 Å². The molecule has 1 aliphatic rings. The minimum atomic E-state index is -0.872. The summed E-state index contributed by atoms with van der Waals surface area (Å²) in [5.41, 5.74) is 4.23. The quantitative estimate of drug-likeness (QED) is 0.497. The molecular formula is C17H22N4O3. The number of carbonyl (C=O) groups excluding carboxylic acids is 3. The first-order valence-electron chi connectivity index (χ1n) is 7.94. The Labute approximate surface area is 141 Å². The number of hydrogen-bond donors (Lipinski definition) is 2. The number of amides is 3. The molecule has 128 valence electrons. The molecule has 0 atom stereocenters. The van der Waals surface area contributed by atoms with Crippen molar-refractivity contribution in [2.45, 2.75) is 33.1 Å². The van der Waals surface area contributed by atoms with Crippen molar-refractivity contribution in [2.24, 2.45) is 5.10 Å². The van der Waals surface area contributed by atoms with Crippen molar-refractivity contribution >= 4 is 29.1 Å². The van der Waals surface area contributed by atoms with Crippen LogP contribution in [0.5, 0.6) is 0 Å². The fourth-order valence-electron chi connectivity index (χ4n) is 2.36. The Morgan fingerprint density at radius 2 is 1.71 bits per heavy atom. The van der Waals surface area contributed by atoms with Crippen molar-refractivity contribution in [3.63, 3.8) is 0 Å². The van der Waals surface area contributed by atoms with Crippen molar-refractivity contribution < 1.29 is 14.4 Å². The Kier molecular flexibility index (Phi) is 6.06. The Morgan fingerprint density at radius 3 is 2.33 bits per heavy atom. The molecule has 1 fully saturated rings. The zero-order chi connectivity index (χ0) is 17.5. The van der Waals surface area contributed by atoms with Crippen LogP contribution >= 0.6 is 0 Å². The second-order valence-corrected chi connectivity index (χ2v) is 5.87. The molecule has 1 saturated heterocycles. The standard InChI is InChI=1S/C17H22N4O3/c1-12-5-7-14(8-6-12)18-16(23)17(24)20-19-13(2)11-15(22)21-9-3-4-10-21/h5-8H,3-4,9-11H2,1-2H3,(H,18,23)(H,20,24)/b19-13-. The molecule has 24 heavy (non-hydrogen) atoms. The highest BCUT2D eigenvalue weighted by Crippen LogP contribution is 2.09. The van der Waals surface area contributed by atoms with E-state index < -0.39 is 11.8 Å². The minimum Gasteiger partial charge on any atom is -0.342 e. The van der Waals surface area contributed by atoms with Gasteiger partial charge in [-0.1, -0.05) is 17.7 Å². The van der Waals surface area contributed by atoms with Gasteiger partial charge in [0.1, 0.15) is 0 Å². The highest BCUT2D eigenvalue weighted by Gasteiger charge is 2.18. The number of likely N-dealkylation sites (tertiary alicyclic amines) is 1. The Balaban J connectivity index is 1.80. The van der Waals surface area contributed by atoms with Gasteiger partial charge in [-0.05, 0) is 38.8 Å². The van der Waals surface area contributed by atoms with Crippen molar-refractivity contribution in [3.05, 3.63) is 29.8 Å². The zero-order valence-corrected chi connectivity index (χ0v) is 14.0. The molecule has 1 heterocycles. The zero-order valence-electron chi connectivity index (χ0n) is 14.0. The molecule has 2 rings (SSSR count). The SMILES string of the molecule is C/C(CC(=O)N1CCCC1)=N/NC(=O)C(=O)Nc1ccc(C)cc1. The highest BCUT2D eigenvalue weighted by atomic mass is 16.2. The van der Waals surface area contributed by atoms with Gasteiger partial charge in [0.05, 0.1) is 6.42 Å². The third-order valence-corrected chi connectivity index (χ3v) is 3.73. The molecule has 0 spiro atoms. The summed E-state index contributed by atoms with van der Waals surface area (Å²) in [7, 11) is 0. The molecule has 0 bridgehead atoms. The second kappa shape index (κ2) is 8.24. The highest BCUT2D eigenvalue weighted by molar-refractivity contribution is 6.39. The Morgan fingerprint density at radius 1 is 1.08 bits per heavy atom. The molecule has 0 saturated carbocycles. The normalized spacial score (nSPS) is 14.4. The minimum absolute atomic E-state index is 0.00731. The fourth-order valence-corrected chi connectivity index (χ4v) is 2.36. The predicted octanol–water partition coefficient (Wildman–Crippen LogP) is 1.44. The van der Waals surface area contributed by atoms with E-state index in [4.69, 9.17) is 0 Å². The predicted molar refractivity (Wildman–Crippen MR) is 91.5 cm³/mol. The van der Waals surface area contributed by atoms with Crippen LogP contribution in [0.1, 0.15) is 31.7 Å². The summed E-state index contributed by atoms with van der Waals surface area (Å²) >= 11 is 0. The number of hydrogen-bond acceptors (Lipinski definition) is 4. The van der Waals surface area contributed by atoms with Gasteiger partial charge in [0, 0.05) is 24.5 Å². The van der Waals surface area contributed by atoms with Gasteiger partial charge in [-0.2, -0.15) is 5.10 Å². The van der Waals surface area contributed by atoms with Gasteiger partial charge in [-0.25, -0.2) is 5.43 Å². The van der Waals surface area contributed by atoms with Gasteiger partial charge in [-0.15, -0.1) is 0 Å². The maximum Gasteiger partial charge on any atom is 0.329 e. The van der Waals surface area contributed by atoms with Crippen molar-refractivity contribution in [1.29, 1.82) is 0 Å².